The molecule has 8 aliphatic rings. The van der Waals surface area contributed by atoms with Crippen LogP contribution in [-0.2, 0) is 63.8 Å². The summed E-state index contributed by atoms with van der Waals surface area (Å²) < 4.78 is 200. The molecular weight excluding hydrogens is 1520 g/mol. The number of methoxy groups -OCH3 is 8. The summed E-state index contributed by atoms with van der Waals surface area (Å²) in [5, 5.41) is 0. The van der Waals surface area contributed by atoms with E-state index in [1.165, 1.54) is 42.7 Å². The van der Waals surface area contributed by atoms with Crippen molar-refractivity contribution in [1.29, 1.82) is 0 Å². The number of hydrogen-bond donors (Lipinski definition) is 4. The first-order chi connectivity index (χ1) is 63.4. The lowest BCUT2D eigenvalue weighted by atomic mass is 9.79. The zero-order valence-electron chi connectivity index (χ0n) is 91.5. The van der Waals surface area contributed by atoms with Crippen molar-refractivity contribution in [2.45, 2.75) is 261 Å². The van der Waals surface area contributed by atoms with Gasteiger partial charge in [0.1, 0.15) is 48.5 Å². The molecule has 4 aromatic rings. The zero-order chi connectivity index (χ0) is 102. The minimum atomic E-state index is -2.81. The average molecular weight is 1690 g/mol. The van der Waals surface area contributed by atoms with E-state index in [1.807, 2.05) is 55.4 Å². The summed E-state index contributed by atoms with van der Waals surface area (Å²) in [6.45, 7) is 37.2. The van der Waals surface area contributed by atoms with E-state index in [1.54, 1.807) is 0 Å². The molecule has 0 aliphatic carbocycles. The maximum Gasteiger partial charge on any atom is 0.323 e. The Morgan fingerprint density at radius 3 is 0.792 bits per heavy atom. The van der Waals surface area contributed by atoms with Gasteiger partial charge in [-0.05, 0) is 192 Å². The second-order valence-electron chi connectivity index (χ2n) is 36.8. The first-order valence-electron chi connectivity index (χ1n) is 51.5. The van der Waals surface area contributed by atoms with E-state index >= 15 is 0 Å². The fourth-order valence-electron chi connectivity index (χ4n) is 18.1. The minimum Gasteiger partial charge on any atom is -0.493 e. The lowest BCUT2D eigenvalue weighted by Crippen LogP contribution is -2.51. The fourth-order valence-corrected chi connectivity index (χ4v) is 18.1. The summed E-state index contributed by atoms with van der Waals surface area (Å²) in [6, 6.07) is -3.50. The summed E-state index contributed by atoms with van der Waals surface area (Å²) in [5.41, 5.74) is 29.5. The third kappa shape index (κ3) is 23.8. The predicted octanol–water partition coefficient (Wildman–Crippen LogP) is 14.3. The van der Waals surface area contributed by atoms with Gasteiger partial charge in [0.15, 0.2) is 46.0 Å². The van der Waals surface area contributed by atoms with Crippen molar-refractivity contribution in [3.8, 4) is 46.0 Å². The van der Waals surface area contributed by atoms with Gasteiger partial charge in [-0.25, -0.2) is 0 Å². The highest BCUT2D eigenvalue weighted by Gasteiger charge is 2.47. The monoisotopic (exact) mass is 1690 g/mol. The van der Waals surface area contributed by atoms with E-state index in [4.69, 9.17) is 99.0 Å². The SMILES string of the molecule is [2H]c1c2c(c([2H])c(OC)c1OC([2H])([2H])[2H])C1CC(OC(=O)[C@@H](N)C(C)C)C(CC(C)C)CN1CC2.[2H]c1c2c(c([2H])c(OC)c1OC([2H])([2H])[2H])C1CC([2H])(OC(=O)[C@@H](N)C(C)C)C(CC(C)C)CN1CC2.[2H]c1c2c(c([2H])c(OC)c1OC)C1CC(OC(=O)[C@@H](N)C(C)C)C(CC(C)C)CN1CC2.[2H]c1c2c(c([2H])c(OC)c1OC)C1CC([2H])(OC(=O)[C@@H](N)C(C)C)C(CC(C)C)CN1CC2. The minimum absolute atomic E-state index is 0.00369. The Bertz CT molecular complexity index is 4840. The van der Waals surface area contributed by atoms with Gasteiger partial charge in [-0.1, -0.05) is 111 Å². The highest BCUT2D eigenvalue weighted by molar-refractivity contribution is 5.77. The van der Waals surface area contributed by atoms with E-state index in [0.717, 1.165) is 49.0 Å². The number of nitrogens with two attached hydrogens (primary N) is 4. The molecule has 24 nitrogen and oxygen atoms in total. The van der Waals surface area contributed by atoms with Crippen molar-refractivity contribution in [3.05, 3.63) is 92.8 Å². The Morgan fingerprint density at radius 2 is 0.558 bits per heavy atom. The standard InChI is InChI=1S/4C24H38N2O4/c4*1-14(2)9-17-13-26-8-7-16-10-21(28-5)22(29-6)11-18(16)19(26)12-20(17)30-24(27)23(25)15(3)4/h4*10-11,14-15,17,19-20,23H,7-9,12-13,25H2,1-6H3/t4*17?,19?,20?,23-/m0000/s1/i5D3,10D,11D,20D;10D,11D,20D;5D3,10D,11D;10D,11D. The largest absolute Gasteiger partial charge is 0.493 e. The van der Waals surface area contributed by atoms with Crippen LogP contribution in [0.5, 0.6) is 46.0 Å². The van der Waals surface area contributed by atoms with Gasteiger partial charge in [-0.3, -0.25) is 38.8 Å². The van der Waals surface area contributed by atoms with Crippen molar-refractivity contribution in [1.82, 2.24) is 19.6 Å². The quantitative estimate of drug-likeness (QED) is 0.0303. The summed E-state index contributed by atoms with van der Waals surface area (Å²) in [7, 11) is 3.00. The normalized spacial score (nSPS) is 28.2. The number of rotatable bonds is 28. The molecule has 672 valence electrons. The van der Waals surface area contributed by atoms with Crippen LogP contribution in [0.2, 0.25) is 0 Å². The lowest BCUT2D eigenvalue weighted by molar-refractivity contribution is -0.161. The number of piperidine rings is 4. The van der Waals surface area contributed by atoms with Crippen LogP contribution < -0.4 is 60.8 Å². The fraction of sp³-hybridized carbons (Fsp3) is 0.708. The molecule has 24 heteroatoms. The molecule has 120 heavy (non-hydrogen) atoms. The maximum absolute atomic E-state index is 12.9. The second-order valence-corrected chi connectivity index (χ2v) is 36.8. The van der Waals surface area contributed by atoms with Crippen LogP contribution in [-0.4, -0.2) is 201 Å². The van der Waals surface area contributed by atoms with E-state index < -0.39 is 74.4 Å². The molecule has 0 saturated carbocycles. The van der Waals surface area contributed by atoms with Gasteiger partial charge >= 0.3 is 23.9 Å². The van der Waals surface area contributed by atoms with Crippen molar-refractivity contribution < 1.29 is 98.0 Å². The zero-order valence-corrected chi connectivity index (χ0v) is 75.5. The summed E-state index contributed by atoms with van der Waals surface area (Å²) in [5.74, 6) is -0.470. The number of benzene rings is 4. The van der Waals surface area contributed by atoms with Crippen LogP contribution in [0.1, 0.15) is 253 Å². The first kappa shape index (κ1) is 75.4. The highest BCUT2D eigenvalue weighted by atomic mass is 16.6. The summed E-state index contributed by atoms with van der Waals surface area (Å²) in [6.07, 6.45) is 3.17. The van der Waals surface area contributed by atoms with Crippen molar-refractivity contribution in [2.24, 2.45) is 93.9 Å². The van der Waals surface area contributed by atoms with Crippen LogP contribution in [0.25, 0.3) is 0 Å². The Hall–Kier alpha value is -7.16. The van der Waals surface area contributed by atoms with Crippen LogP contribution in [0, 0.1) is 71.0 Å². The van der Waals surface area contributed by atoms with Crippen molar-refractivity contribution >= 4 is 23.9 Å². The number of nitrogens with zero attached hydrogens (tertiary/aromatic N) is 4. The number of ether oxygens (including phenoxy) is 12. The van der Waals surface area contributed by atoms with Gasteiger partial charge in [-0.2, -0.15) is 0 Å². The molecule has 12 unspecified atom stereocenters. The van der Waals surface area contributed by atoms with Gasteiger partial charge in [-0.15, -0.1) is 0 Å². The van der Waals surface area contributed by atoms with Gasteiger partial charge in [0.05, 0.1) is 78.7 Å². The van der Waals surface area contributed by atoms with Crippen LogP contribution in [0.15, 0.2) is 48.3 Å². The molecule has 4 fully saturated rings. The molecule has 0 bridgehead atoms. The first-order valence-corrected chi connectivity index (χ1v) is 43.5. The molecule has 4 saturated heterocycles. The molecule has 0 aromatic heterocycles. The molecule has 12 rings (SSSR count). The molecule has 0 amide bonds. The third-order valence-electron chi connectivity index (χ3n) is 24.8. The van der Waals surface area contributed by atoms with Crippen LogP contribution in [0.4, 0.5) is 0 Å². The molecule has 8 aliphatic heterocycles. The molecule has 8 heterocycles. The van der Waals surface area contributed by atoms with E-state index in [9.17, 15) is 21.9 Å². The van der Waals surface area contributed by atoms with Crippen LogP contribution in [0.3, 0.4) is 0 Å². The van der Waals surface area contributed by atoms with Gasteiger partial charge in [0.2, 0.25) is 0 Å². The Morgan fingerprint density at radius 1 is 0.342 bits per heavy atom. The predicted molar refractivity (Wildman–Crippen MR) is 471 cm³/mol. The Labute approximate surface area is 741 Å². The molecule has 0 spiro atoms. The Kier molecular flexibility index (Phi) is 27.6. The Balaban J connectivity index is 0.000000203. The van der Waals surface area contributed by atoms with Crippen molar-refractivity contribution in [3.63, 3.8) is 0 Å². The number of fused-ring (bicyclic) bond motifs is 12. The summed E-state index contributed by atoms with van der Waals surface area (Å²) in [4.78, 5) is 60.3. The van der Waals surface area contributed by atoms with Gasteiger partial charge in [0, 0.05) is 126 Å². The van der Waals surface area contributed by atoms with Gasteiger partial charge in [0.25, 0.3) is 0 Å². The van der Waals surface area contributed by atoms with E-state index in [-0.39, 0.29) is 191 Å². The molecular formula is C96H152N8O16. The molecule has 8 N–H and O–H groups in total. The number of carbonyl (C=O) groups is 4. The van der Waals surface area contributed by atoms with Crippen molar-refractivity contribution in [2.75, 3.05) is 109 Å². The smallest absolute Gasteiger partial charge is 0.323 e. The van der Waals surface area contributed by atoms with Crippen LogP contribution >= 0.6 is 0 Å². The maximum atomic E-state index is 12.9. The average Bonchev–Trinajstić information content (AvgIpc) is 0.762. The number of esters is 4. The van der Waals surface area contributed by atoms with E-state index in [2.05, 4.69) is 75.0 Å². The molecule has 0 radical (unpaired) electrons. The summed E-state index contributed by atoms with van der Waals surface area (Å²) >= 11 is 0. The third-order valence-corrected chi connectivity index (χ3v) is 24.8. The molecule has 4 aromatic carbocycles. The second kappa shape index (κ2) is 43.9. The number of hydrogen-bond acceptors (Lipinski definition) is 24. The van der Waals surface area contributed by atoms with Gasteiger partial charge < -0.3 is 79.8 Å². The highest BCUT2D eigenvalue weighted by Crippen LogP contribution is 2.50. The van der Waals surface area contributed by atoms with E-state index in [0.29, 0.717) is 136 Å². The lowest BCUT2D eigenvalue weighted by Gasteiger charge is -2.47. The topological polar surface area (TPSA) is 296 Å². The molecule has 16 atom stereocenters. The number of carbonyl (C=O) groups excluding carboxylic acids is 4.